The number of nitrogens with zero attached hydrogens (tertiary/aromatic N) is 3. The number of aromatic nitrogens is 2. The third-order valence-corrected chi connectivity index (χ3v) is 3.47. The summed E-state index contributed by atoms with van der Waals surface area (Å²) in [6, 6.07) is -0.0885. The second-order valence-corrected chi connectivity index (χ2v) is 4.94. The molecule has 19 heavy (non-hydrogen) atoms. The Bertz CT molecular complexity index is 474. The summed E-state index contributed by atoms with van der Waals surface area (Å²) in [6.07, 6.45) is 3.06. The number of rotatable bonds is 3. The minimum Gasteiger partial charge on any atom is -0.346 e. The predicted molar refractivity (Wildman–Crippen MR) is 68.7 cm³/mol. The number of carbonyl (C=O) groups is 1. The number of carbonyl (C=O) groups excluding carboxylic acids is 1. The zero-order valence-electron chi connectivity index (χ0n) is 11.3. The molecular formula is C12H18F2N4O. The molecule has 1 amide bonds. The zero-order valence-corrected chi connectivity index (χ0v) is 11.3. The van der Waals surface area contributed by atoms with Crippen LogP contribution in [-0.4, -0.2) is 41.7 Å². The maximum Gasteiger partial charge on any atom is 0.342 e. The lowest BCUT2D eigenvalue weighted by molar-refractivity contribution is -0.140. The fraction of sp³-hybridized carbons (Fsp3) is 0.667. The van der Waals surface area contributed by atoms with Gasteiger partial charge in [0, 0.05) is 13.1 Å². The molecule has 106 valence electrons. The molecule has 1 aliphatic heterocycles. The summed E-state index contributed by atoms with van der Waals surface area (Å²) in [5.41, 5.74) is 0.394. The van der Waals surface area contributed by atoms with Crippen molar-refractivity contribution in [2.24, 2.45) is 0 Å². The molecule has 1 atom stereocenters. The van der Waals surface area contributed by atoms with Crippen LogP contribution in [0.4, 0.5) is 20.3 Å². The molecule has 0 bridgehead atoms. The van der Waals surface area contributed by atoms with Gasteiger partial charge in [0.25, 0.3) is 5.91 Å². The standard InChI is InChI=1S/C12H18F2N4O/c1-4-5-8(2)18-7-12(13,14)11(19)17(3)9-6-15-16-10(9)18/h6,8H,4-5,7H2,1-3H3,(H,15,16). The third kappa shape index (κ3) is 2.29. The van der Waals surface area contributed by atoms with Crippen LogP contribution in [0.3, 0.4) is 0 Å². The largest absolute Gasteiger partial charge is 0.346 e. The van der Waals surface area contributed by atoms with Gasteiger partial charge in [-0.2, -0.15) is 13.9 Å². The second kappa shape index (κ2) is 4.79. The molecule has 1 aromatic heterocycles. The summed E-state index contributed by atoms with van der Waals surface area (Å²) in [5, 5.41) is 6.59. The van der Waals surface area contributed by atoms with Crippen LogP contribution in [0.5, 0.6) is 0 Å². The van der Waals surface area contributed by atoms with E-state index < -0.39 is 18.4 Å². The lowest BCUT2D eigenvalue weighted by Crippen LogP contribution is -2.48. The average Bonchev–Trinajstić information content (AvgIpc) is 2.80. The van der Waals surface area contributed by atoms with Crippen molar-refractivity contribution in [2.45, 2.75) is 38.7 Å². The smallest absolute Gasteiger partial charge is 0.342 e. The summed E-state index contributed by atoms with van der Waals surface area (Å²) in [6.45, 7) is 3.25. The number of hydrogen-bond donors (Lipinski definition) is 1. The highest BCUT2D eigenvalue weighted by molar-refractivity contribution is 6.01. The third-order valence-electron chi connectivity index (χ3n) is 3.47. The van der Waals surface area contributed by atoms with Gasteiger partial charge in [-0.25, -0.2) is 0 Å². The average molecular weight is 272 g/mol. The lowest BCUT2D eigenvalue weighted by atomic mass is 10.1. The van der Waals surface area contributed by atoms with Crippen LogP contribution in [0, 0.1) is 0 Å². The van der Waals surface area contributed by atoms with E-state index in [1.807, 2.05) is 13.8 Å². The highest BCUT2D eigenvalue weighted by Gasteiger charge is 2.47. The van der Waals surface area contributed by atoms with Gasteiger partial charge in [-0.15, -0.1) is 0 Å². The van der Waals surface area contributed by atoms with Crippen molar-refractivity contribution in [3.05, 3.63) is 6.20 Å². The molecule has 0 spiro atoms. The molecule has 0 fully saturated rings. The van der Waals surface area contributed by atoms with Gasteiger partial charge in [-0.05, 0) is 13.3 Å². The van der Waals surface area contributed by atoms with Crippen LogP contribution < -0.4 is 9.80 Å². The van der Waals surface area contributed by atoms with E-state index in [0.29, 0.717) is 11.5 Å². The quantitative estimate of drug-likeness (QED) is 0.915. The first kappa shape index (κ1) is 13.8. The lowest BCUT2D eigenvalue weighted by Gasteiger charge is -2.30. The number of H-pyrrole nitrogens is 1. The molecule has 7 heteroatoms. The van der Waals surface area contributed by atoms with Crippen LogP contribution in [-0.2, 0) is 4.79 Å². The van der Waals surface area contributed by atoms with Crippen molar-refractivity contribution in [1.29, 1.82) is 0 Å². The molecule has 1 aliphatic rings. The summed E-state index contributed by atoms with van der Waals surface area (Å²) in [5.74, 6) is -4.10. The maximum absolute atomic E-state index is 13.9. The van der Waals surface area contributed by atoms with Gasteiger partial charge in [-0.3, -0.25) is 9.89 Å². The number of fused-ring (bicyclic) bond motifs is 1. The highest BCUT2D eigenvalue weighted by atomic mass is 19.3. The minimum atomic E-state index is -3.39. The molecule has 2 heterocycles. The van der Waals surface area contributed by atoms with Gasteiger partial charge < -0.3 is 9.80 Å². The molecule has 1 aromatic rings. The Labute approximate surface area is 110 Å². The number of halogens is 2. The monoisotopic (exact) mass is 272 g/mol. The Hall–Kier alpha value is -1.66. The van der Waals surface area contributed by atoms with Gasteiger partial charge in [0.15, 0.2) is 0 Å². The first-order valence-electron chi connectivity index (χ1n) is 6.34. The zero-order chi connectivity index (χ0) is 14.2. The molecular weight excluding hydrogens is 254 g/mol. The van der Waals surface area contributed by atoms with E-state index in [0.717, 1.165) is 17.7 Å². The van der Waals surface area contributed by atoms with E-state index in [-0.39, 0.29) is 6.04 Å². The number of nitrogens with one attached hydrogen (secondary N) is 1. The Balaban J connectivity index is 2.44. The Kier molecular flexibility index (Phi) is 3.47. The predicted octanol–water partition coefficient (Wildman–Crippen LogP) is 2.02. The van der Waals surface area contributed by atoms with E-state index >= 15 is 0 Å². The Morgan fingerprint density at radius 3 is 2.89 bits per heavy atom. The first-order valence-corrected chi connectivity index (χ1v) is 6.34. The van der Waals surface area contributed by atoms with Gasteiger partial charge in [0.1, 0.15) is 11.5 Å². The Morgan fingerprint density at radius 2 is 2.26 bits per heavy atom. The number of alkyl halides is 2. The van der Waals surface area contributed by atoms with E-state index in [9.17, 15) is 13.6 Å². The first-order chi connectivity index (χ1) is 8.88. The van der Waals surface area contributed by atoms with Crippen LogP contribution in [0.25, 0.3) is 0 Å². The molecule has 1 N–H and O–H groups in total. The van der Waals surface area contributed by atoms with Crippen molar-refractivity contribution in [2.75, 3.05) is 23.4 Å². The summed E-state index contributed by atoms with van der Waals surface area (Å²) < 4.78 is 27.9. The van der Waals surface area contributed by atoms with E-state index in [4.69, 9.17) is 0 Å². The molecule has 0 aromatic carbocycles. The topological polar surface area (TPSA) is 52.2 Å². The fourth-order valence-corrected chi connectivity index (χ4v) is 2.40. The van der Waals surface area contributed by atoms with Gasteiger partial charge in [0.05, 0.1) is 12.7 Å². The fourth-order valence-electron chi connectivity index (χ4n) is 2.40. The van der Waals surface area contributed by atoms with Crippen molar-refractivity contribution in [1.82, 2.24) is 10.2 Å². The van der Waals surface area contributed by atoms with Crippen LogP contribution >= 0.6 is 0 Å². The normalized spacial score (nSPS) is 20.2. The molecule has 0 saturated heterocycles. The van der Waals surface area contributed by atoms with Gasteiger partial charge >= 0.3 is 5.92 Å². The summed E-state index contributed by atoms with van der Waals surface area (Å²) in [4.78, 5) is 14.3. The Morgan fingerprint density at radius 1 is 1.58 bits per heavy atom. The molecule has 0 radical (unpaired) electrons. The molecule has 5 nitrogen and oxygen atoms in total. The van der Waals surface area contributed by atoms with Crippen LogP contribution in [0.2, 0.25) is 0 Å². The number of aromatic amines is 1. The highest BCUT2D eigenvalue weighted by Crippen LogP contribution is 2.36. The van der Waals surface area contributed by atoms with Crippen molar-refractivity contribution in [3.63, 3.8) is 0 Å². The maximum atomic E-state index is 13.9. The second-order valence-electron chi connectivity index (χ2n) is 4.94. The SMILES string of the molecule is CCCC(C)N1CC(F)(F)C(=O)N(C)c2cn[nH]c21. The number of amides is 1. The molecule has 1 unspecified atom stereocenters. The van der Waals surface area contributed by atoms with Crippen molar-refractivity contribution < 1.29 is 13.6 Å². The van der Waals surface area contributed by atoms with Crippen LogP contribution in [0.15, 0.2) is 6.20 Å². The summed E-state index contributed by atoms with van der Waals surface area (Å²) >= 11 is 0. The van der Waals surface area contributed by atoms with Crippen molar-refractivity contribution >= 4 is 17.4 Å². The van der Waals surface area contributed by atoms with E-state index in [1.165, 1.54) is 18.1 Å². The molecule has 0 saturated carbocycles. The van der Waals surface area contributed by atoms with Crippen molar-refractivity contribution in [3.8, 4) is 0 Å². The number of hydrogen-bond acceptors (Lipinski definition) is 3. The van der Waals surface area contributed by atoms with Gasteiger partial charge in [0.2, 0.25) is 0 Å². The van der Waals surface area contributed by atoms with Gasteiger partial charge in [-0.1, -0.05) is 13.3 Å². The number of anilines is 2. The summed E-state index contributed by atoms with van der Waals surface area (Å²) in [7, 11) is 1.35. The van der Waals surface area contributed by atoms with Crippen LogP contribution in [0.1, 0.15) is 26.7 Å². The van der Waals surface area contributed by atoms with E-state index in [1.54, 1.807) is 0 Å². The molecule has 0 aliphatic carbocycles. The minimum absolute atomic E-state index is 0.0885. The van der Waals surface area contributed by atoms with E-state index in [2.05, 4.69) is 10.2 Å². The molecule has 2 rings (SSSR count).